The van der Waals surface area contributed by atoms with Gasteiger partial charge in [0, 0.05) is 23.0 Å². The molecule has 20 heavy (non-hydrogen) atoms. The number of aromatic nitrogens is 1. The first-order valence-electron chi connectivity index (χ1n) is 6.57. The third-order valence-electron chi connectivity index (χ3n) is 3.19. The van der Waals surface area contributed by atoms with E-state index in [-0.39, 0.29) is 0 Å². The number of aryl methyl sites for hydroxylation is 1. The SMILES string of the molecule is Cc1cc(/C=C(\C#N)c2cccc(Cl)c2)cn1C(C)C. The second-order valence-corrected chi connectivity index (χ2v) is 5.53. The molecule has 0 aliphatic carbocycles. The number of nitriles is 1. The molecule has 1 aromatic carbocycles. The standard InChI is InChI=1S/C17H17ClN2/c1-12(2)20-11-14(7-13(20)3)8-16(10-19)15-5-4-6-17(18)9-15/h4-9,11-12H,1-3H3/b16-8+. The molecule has 1 heterocycles. The molecule has 0 fully saturated rings. The van der Waals surface area contributed by atoms with Crippen LogP contribution >= 0.6 is 11.6 Å². The first kappa shape index (κ1) is 14.4. The summed E-state index contributed by atoms with van der Waals surface area (Å²) in [4.78, 5) is 0. The molecule has 0 bridgehead atoms. The minimum Gasteiger partial charge on any atom is -0.349 e. The van der Waals surface area contributed by atoms with Gasteiger partial charge in [0.1, 0.15) is 0 Å². The largest absolute Gasteiger partial charge is 0.349 e. The minimum absolute atomic E-state index is 0.411. The van der Waals surface area contributed by atoms with Crippen molar-refractivity contribution in [1.29, 1.82) is 5.26 Å². The molecule has 0 amide bonds. The molecule has 102 valence electrons. The number of halogens is 1. The monoisotopic (exact) mass is 284 g/mol. The number of rotatable bonds is 3. The van der Waals surface area contributed by atoms with Crippen LogP contribution in [-0.2, 0) is 0 Å². The van der Waals surface area contributed by atoms with E-state index < -0.39 is 0 Å². The van der Waals surface area contributed by atoms with Gasteiger partial charge in [-0.1, -0.05) is 23.7 Å². The van der Waals surface area contributed by atoms with Crippen LogP contribution in [0, 0.1) is 18.3 Å². The number of nitrogens with zero attached hydrogens (tertiary/aromatic N) is 2. The number of hydrogen-bond acceptors (Lipinski definition) is 1. The Morgan fingerprint density at radius 2 is 2.10 bits per heavy atom. The average molecular weight is 285 g/mol. The van der Waals surface area contributed by atoms with Gasteiger partial charge in [-0.25, -0.2) is 0 Å². The van der Waals surface area contributed by atoms with E-state index in [0.717, 1.165) is 11.1 Å². The van der Waals surface area contributed by atoms with E-state index in [0.29, 0.717) is 16.6 Å². The highest BCUT2D eigenvalue weighted by Gasteiger charge is 2.06. The van der Waals surface area contributed by atoms with Crippen molar-refractivity contribution in [2.45, 2.75) is 26.8 Å². The lowest BCUT2D eigenvalue weighted by Gasteiger charge is -2.08. The molecule has 2 nitrogen and oxygen atoms in total. The molecule has 0 unspecified atom stereocenters. The molecule has 0 spiro atoms. The summed E-state index contributed by atoms with van der Waals surface area (Å²) >= 11 is 5.98. The first-order chi connectivity index (χ1) is 9.51. The van der Waals surface area contributed by atoms with Gasteiger partial charge in [0.2, 0.25) is 0 Å². The fourth-order valence-electron chi connectivity index (χ4n) is 2.25. The summed E-state index contributed by atoms with van der Waals surface area (Å²) < 4.78 is 2.19. The maximum absolute atomic E-state index is 9.35. The summed E-state index contributed by atoms with van der Waals surface area (Å²) in [6, 6.07) is 12.1. The third kappa shape index (κ3) is 3.12. The zero-order chi connectivity index (χ0) is 14.7. The zero-order valence-electron chi connectivity index (χ0n) is 11.9. The van der Waals surface area contributed by atoms with Gasteiger partial charge >= 0.3 is 0 Å². The van der Waals surface area contributed by atoms with Crippen LogP contribution in [0.4, 0.5) is 0 Å². The normalized spacial score (nSPS) is 11.7. The number of hydrogen-bond donors (Lipinski definition) is 0. The highest BCUT2D eigenvalue weighted by molar-refractivity contribution is 6.30. The highest BCUT2D eigenvalue weighted by atomic mass is 35.5. The molecule has 0 saturated carbocycles. The van der Waals surface area contributed by atoms with Gasteiger partial charge in [0.15, 0.2) is 0 Å². The second-order valence-electron chi connectivity index (χ2n) is 5.10. The van der Waals surface area contributed by atoms with Gasteiger partial charge in [-0.3, -0.25) is 0 Å². The van der Waals surface area contributed by atoms with Crippen LogP contribution < -0.4 is 0 Å². The van der Waals surface area contributed by atoms with E-state index >= 15 is 0 Å². The Morgan fingerprint density at radius 3 is 2.65 bits per heavy atom. The van der Waals surface area contributed by atoms with E-state index in [4.69, 9.17) is 11.6 Å². The Hall–Kier alpha value is -1.98. The zero-order valence-corrected chi connectivity index (χ0v) is 12.6. The van der Waals surface area contributed by atoms with Crippen LogP contribution in [0.2, 0.25) is 5.02 Å². The van der Waals surface area contributed by atoms with Gasteiger partial charge in [-0.2, -0.15) is 5.26 Å². The van der Waals surface area contributed by atoms with Crippen molar-refractivity contribution < 1.29 is 0 Å². The van der Waals surface area contributed by atoms with E-state index in [1.54, 1.807) is 6.07 Å². The van der Waals surface area contributed by atoms with Crippen molar-refractivity contribution in [3.05, 3.63) is 58.4 Å². The second kappa shape index (κ2) is 5.98. The molecule has 0 atom stereocenters. The van der Waals surface area contributed by atoms with Crippen molar-refractivity contribution >= 4 is 23.3 Å². The van der Waals surface area contributed by atoms with Crippen molar-refractivity contribution in [3.8, 4) is 6.07 Å². The van der Waals surface area contributed by atoms with Crippen molar-refractivity contribution in [3.63, 3.8) is 0 Å². The Balaban J connectivity index is 2.42. The molecule has 0 aliphatic rings. The van der Waals surface area contributed by atoms with Gasteiger partial charge in [-0.05, 0) is 56.2 Å². The topological polar surface area (TPSA) is 28.7 Å². The van der Waals surface area contributed by atoms with E-state index in [1.165, 1.54) is 5.69 Å². The predicted octanol–water partition coefficient (Wildman–Crippen LogP) is 5.10. The Bertz CT molecular complexity index is 687. The molecule has 0 N–H and O–H groups in total. The van der Waals surface area contributed by atoms with E-state index in [1.807, 2.05) is 24.3 Å². The smallest absolute Gasteiger partial charge is 0.0998 e. The maximum Gasteiger partial charge on any atom is 0.0998 e. The van der Waals surface area contributed by atoms with Crippen LogP contribution in [0.3, 0.4) is 0 Å². The van der Waals surface area contributed by atoms with Crippen LogP contribution in [-0.4, -0.2) is 4.57 Å². The van der Waals surface area contributed by atoms with E-state index in [2.05, 4.69) is 43.7 Å². The molecule has 2 aromatic rings. The first-order valence-corrected chi connectivity index (χ1v) is 6.95. The average Bonchev–Trinajstić information content (AvgIpc) is 2.77. The van der Waals surface area contributed by atoms with Gasteiger partial charge in [0.25, 0.3) is 0 Å². The third-order valence-corrected chi connectivity index (χ3v) is 3.43. The summed E-state index contributed by atoms with van der Waals surface area (Å²) in [5.41, 5.74) is 3.69. The van der Waals surface area contributed by atoms with Crippen molar-refractivity contribution in [2.75, 3.05) is 0 Å². The molecule has 1 aromatic heterocycles. The molecular weight excluding hydrogens is 268 g/mol. The molecule has 0 aliphatic heterocycles. The minimum atomic E-state index is 0.411. The van der Waals surface area contributed by atoms with Gasteiger partial charge < -0.3 is 4.57 Å². The lowest BCUT2D eigenvalue weighted by molar-refractivity contribution is 0.589. The van der Waals surface area contributed by atoms with E-state index in [9.17, 15) is 5.26 Å². The summed E-state index contributed by atoms with van der Waals surface area (Å²) in [6.45, 7) is 6.36. The number of allylic oxidation sites excluding steroid dienone is 1. The van der Waals surface area contributed by atoms with Crippen LogP contribution in [0.15, 0.2) is 36.5 Å². The van der Waals surface area contributed by atoms with Gasteiger partial charge in [-0.15, -0.1) is 0 Å². The highest BCUT2D eigenvalue weighted by Crippen LogP contribution is 2.22. The summed E-state index contributed by atoms with van der Waals surface area (Å²) in [5, 5.41) is 9.99. The molecular formula is C17H17ClN2. The Labute approximate surface area is 124 Å². The summed E-state index contributed by atoms with van der Waals surface area (Å²) in [7, 11) is 0. The van der Waals surface area contributed by atoms with Crippen LogP contribution in [0.1, 0.15) is 36.7 Å². The molecule has 0 radical (unpaired) electrons. The quantitative estimate of drug-likeness (QED) is 0.721. The maximum atomic E-state index is 9.35. The van der Waals surface area contributed by atoms with Crippen molar-refractivity contribution in [2.24, 2.45) is 0 Å². The number of benzene rings is 1. The Morgan fingerprint density at radius 1 is 1.35 bits per heavy atom. The van der Waals surface area contributed by atoms with Crippen molar-refractivity contribution in [1.82, 2.24) is 4.57 Å². The predicted molar refractivity (Wildman–Crippen MR) is 84.5 cm³/mol. The molecule has 2 rings (SSSR count). The molecule has 0 saturated heterocycles. The lowest BCUT2D eigenvalue weighted by Crippen LogP contribution is -1.99. The Kier molecular flexibility index (Phi) is 4.32. The van der Waals surface area contributed by atoms with Crippen LogP contribution in [0.25, 0.3) is 11.6 Å². The summed E-state index contributed by atoms with van der Waals surface area (Å²) in [6.07, 6.45) is 3.97. The molecule has 3 heteroatoms. The van der Waals surface area contributed by atoms with Gasteiger partial charge in [0.05, 0.1) is 11.6 Å². The van der Waals surface area contributed by atoms with Crippen LogP contribution in [0.5, 0.6) is 0 Å². The fraction of sp³-hybridized carbons (Fsp3) is 0.235. The lowest BCUT2D eigenvalue weighted by atomic mass is 10.1. The fourth-order valence-corrected chi connectivity index (χ4v) is 2.44. The summed E-state index contributed by atoms with van der Waals surface area (Å²) in [5.74, 6) is 0.